The van der Waals surface area contributed by atoms with Crippen LogP contribution in [0.1, 0.15) is 6.42 Å². The van der Waals surface area contributed by atoms with Gasteiger partial charge in [0, 0.05) is 18.7 Å². The van der Waals surface area contributed by atoms with Gasteiger partial charge in [-0.1, -0.05) is 0 Å². The number of aryl methyl sites for hydroxylation is 1. The van der Waals surface area contributed by atoms with Gasteiger partial charge in [0.2, 0.25) is 5.91 Å². The molecule has 0 aliphatic heterocycles. The van der Waals surface area contributed by atoms with Gasteiger partial charge in [-0.3, -0.25) is 14.2 Å². The number of rotatable bonds is 5. The highest BCUT2D eigenvalue weighted by molar-refractivity contribution is 7.16. The van der Waals surface area contributed by atoms with Crippen molar-refractivity contribution in [1.82, 2.24) is 9.55 Å². The second-order valence-corrected chi connectivity index (χ2v) is 5.80. The third kappa shape index (κ3) is 3.40. The van der Waals surface area contributed by atoms with Gasteiger partial charge in [-0.15, -0.1) is 11.3 Å². The maximum atomic E-state index is 12.2. The minimum atomic E-state index is -0.160. The number of amides is 1. The first-order valence-corrected chi connectivity index (χ1v) is 7.92. The van der Waals surface area contributed by atoms with Crippen molar-refractivity contribution < 1.29 is 9.53 Å². The maximum absolute atomic E-state index is 12.2. The fourth-order valence-electron chi connectivity index (χ4n) is 2.17. The number of thiophene rings is 1. The predicted molar refractivity (Wildman–Crippen MR) is 90.1 cm³/mol. The van der Waals surface area contributed by atoms with Crippen molar-refractivity contribution in [2.75, 3.05) is 12.4 Å². The minimum absolute atomic E-state index is 0.117. The van der Waals surface area contributed by atoms with Crippen LogP contribution < -0.4 is 15.6 Å². The zero-order valence-electron chi connectivity index (χ0n) is 12.5. The van der Waals surface area contributed by atoms with Crippen molar-refractivity contribution >= 4 is 33.1 Å². The zero-order chi connectivity index (χ0) is 16.2. The number of ether oxygens (including phenoxy) is 1. The molecule has 7 heteroatoms. The Hall–Kier alpha value is -2.67. The fourth-order valence-corrected chi connectivity index (χ4v) is 2.90. The molecular formula is C16H15N3O3S. The Morgan fingerprint density at radius 2 is 2.09 bits per heavy atom. The lowest BCUT2D eigenvalue weighted by Crippen LogP contribution is -2.23. The van der Waals surface area contributed by atoms with Crippen molar-refractivity contribution in [2.45, 2.75) is 13.0 Å². The molecule has 6 nitrogen and oxygen atoms in total. The molecule has 0 unspecified atom stereocenters. The van der Waals surface area contributed by atoms with Crippen molar-refractivity contribution in [3.8, 4) is 5.75 Å². The van der Waals surface area contributed by atoms with E-state index in [1.807, 2.05) is 5.38 Å². The number of hydrogen-bond donors (Lipinski definition) is 1. The molecule has 2 heterocycles. The number of hydrogen-bond acceptors (Lipinski definition) is 5. The van der Waals surface area contributed by atoms with Crippen LogP contribution in [0.4, 0.5) is 5.69 Å². The van der Waals surface area contributed by atoms with Crippen molar-refractivity contribution in [3.63, 3.8) is 0 Å². The Labute approximate surface area is 136 Å². The fraction of sp³-hybridized carbons (Fsp3) is 0.188. The highest BCUT2D eigenvalue weighted by atomic mass is 32.1. The summed E-state index contributed by atoms with van der Waals surface area (Å²) in [7, 11) is 1.59. The average Bonchev–Trinajstić information content (AvgIpc) is 3.04. The lowest BCUT2D eigenvalue weighted by atomic mass is 10.3. The molecule has 23 heavy (non-hydrogen) atoms. The van der Waals surface area contributed by atoms with Gasteiger partial charge in [-0.25, -0.2) is 4.98 Å². The number of carbonyl (C=O) groups excluding carboxylic acids is 1. The van der Waals surface area contributed by atoms with Crippen LogP contribution in [0.3, 0.4) is 0 Å². The second-order valence-electron chi connectivity index (χ2n) is 4.91. The molecule has 0 bridgehead atoms. The molecule has 2 aromatic heterocycles. The summed E-state index contributed by atoms with van der Waals surface area (Å²) in [6, 6.07) is 8.83. The van der Waals surface area contributed by atoms with Gasteiger partial charge < -0.3 is 10.1 Å². The minimum Gasteiger partial charge on any atom is -0.497 e. The summed E-state index contributed by atoms with van der Waals surface area (Å²) in [6.45, 7) is 0.291. The van der Waals surface area contributed by atoms with Crippen LogP contribution in [0.25, 0.3) is 10.2 Å². The molecule has 118 valence electrons. The molecule has 1 aromatic carbocycles. The van der Waals surface area contributed by atoms with E-state index in [1.54, 1.807) is 37.4 Å². The summed E-state index contributed by atoms with van der Waals surface area (Å²) in [5.74, 6) is 0.567. The van der Waals surface area contributed by atoms with Crippen LogP contribution in [-0.4, -0.2) is 22.6 Å². The molecule has 0 aliphatic carbocycles. The third-order valence-corrected chi connectivity index (χ3v) is 4.22. The number of nitrogens with zero attached hydrogens (tertiary/aromatic N) is 2. The molecular weight excluding hydrogens is 314 g/mol. The molecule has 1 amide bonds. The first-order valence-electron chi connectivity index (χ1n) is 7.04. The van der Waals surface area contributed by atoms with E-state index < -0.39 is 0 Å². The topological polar surface area (TPSA) is 73.2 Å². The molecule has 0 saturated carbocycles. The highest BCUT2D eigenvalue weighted by Gasteiger charge is 2.07. The van der Waals surface area contributed by atoms with Crippen molar-refractivity contribution in [3.05, 3.63) is 52.4 Å². The smallest absolute Gasteiger partial charge is 0.262 e. The van der Waals surface area contributed by atoms with E-state index in [2.05, 4.69) is 10.3 Å². The van der Waals surface area contributed by atoms with Crippen LogP contribution in [0.5, 0.6) is 5.75 Å². The molecule has 3 rings (SSSR count). The van der Waals surface area contributed by atoms with Gasteiger partial charge in [-0.2, -0.15) is 0 Å². The van der Waals surface area contributed by atoms with Crippen molar-refractivity contribution in [2.24, 2.45) is 0 Å². The van der Waals surface area contributed by atoms with Crippen LogP contribution in [0.2, 0.25) is 0 Å². The van der Waals surface area contributed by atoms with E-state index >= 15 is 0 Å². The van der Waals surface area contributed by atoms with Gasteiger partial charge in [0.05, 0.1) is 18.8 Å². The molecule has 3 aromatic rings. The van der Waals surface area contributed by atoms with Gasteiger partial charge in [-0.05, 0) is 35.7 Å². The molecule has 1 N–H and O–H groups in total. The maximum Gasteiger partial charge on any atom is 0.262 e. The normalized spacial score (nSPS) is 10.7. The summed E-state index contributed by atoms with van der Waals surface area (Å²) in [6.07, 6.45) is 1.69. The van der Waals surface area contributed by atoms with E-state index in [1.165, 1.54) is 22.2 Å². The van der Waals surface area contributed by atoms with E-state index in [9.17, 15) is 9.59 Å². The van der Waals surface area contributed by atoms with Gasteiger partial charge in [0.1, 0.15) is 10.6 Å². The largest absolute Gasteiger partial charge is 0.497 e. The average molecular weight is 329 g/mol. The van der Waals surface area contributed by atoms with Crippen LogP contribution in [0, 0.1) is 0 Å². The Kier molecular flexibility index (Phi) is 4.38. The Morgan fingerprint density at radius 1 is 1.30 bits per heavy atom. The van der Waals surface area contributed by atoms with Gasteiger partial charge >= 0.3 is 0 Å². The standard InChI is InChI=1S/C16H15N3O3S/c1-22-12-4-2-11(3-5-12)18-14(20)6-8-19-10-17-15-13(16(19)21)7-9-23-15/h2-5,7,9-10H,6,8H2,1H3,(H,18,20). The molecule has 0 saturated heterocycles. The molecule has 0 atom stereocenters. The Bertz CT molecular complexity index is 883. The van der Waals surface area contributed by atoms with Crippen LogP contribution >= 0.6 is 11.3 Å². The van der Waals surface area contributed by atoms with E-state index in [4.69, 9.17) is 4.74 Å². The number of benzene rings is 1. The van der Waals surface area contributed by atoms with E-state index in [-0.39, 0.29) is 17.9 Å². The van der Waals surface area contributed by atoms with Crippen molar-refractivity contribution in [1.29, 1.82) is 0 Å². The molecule has 0 spiro atoms. The number of aromatic nitrogens is 2. The number of methoxy groups -OCH3 is 1. The Balaban J connectivity index is 1.63. The summed E-state index contributed by atoms with van der Waals surface area (Å²) < 4.78 is 6.53. The lowest BCUT2D eigenvalue weighted by Gasteiger charge is -2.07. The van der Waals surface area contributed by atoms with Gasteiger partial charge in [0.15, 0.2) is 0 Å². The van der Waals surface area contributed by atoms with Gasteiger partial charge in [0.25, 0.3) is 5.56 Å². The summed E-state index contributed by atoms with van der Waals surface area (Å²) >= 11 is 1.43. The quantitative estimate of drug-likeness (QED) is 0.780. The first-order chi connectivity index (χ1) is 11.2. The lowest BCUT2D eigenvalue weighted by molar-refractivity contribution is -0.116. The summed E-state index contributed by atoms with van der Waals surface area (Å²) in [4.78, 5) is 29.1. The highest BCUT2D eigenvalue weighted by Crippen LogP contribution is 2.15. The molecule has 0 aliphatic rings. The number of carbonyl (C=O) groups is 1. The number of nitrogens with one attached hydrogen (secondary N) is 1. The van der Waals surface area contributed by atoms with Crippen LogP contribution in [-0.2, 0) is 11.3 Å². The van der Waals surface area contributed by atoms with E-state index in [0.29, 0.717) is 22.4 Å². The SMILES string of the molecule is COc1ccc(NC(=O)CCn2cnc3sccc3c2=O)cc1. The zero-order valence-corrected chi connectivity index (χ0v) is 13.3. The first kappa shape index (κ1) is 15.2. The Morgan fingerprint density at radius 3 is 2.83 bits per heavy atom. The predicted octanol–water partition coefficient (Wildman–Crippen LogP) is 2.50. The second kappa shape index (κ2) is 6.62. The summed E-state index contributed by atoms with van der Waals surface area (Å²) in [5, 5.41) is 5.21. The molecule has 0 radical (unpaired) electrons. The summed E-state index contributed by atoms with van der Waals surface area (Å²) in [5.41, 5.74) is 0.572. The monoisotopic (exact) mass is 329 g/mol. The van der Waals surface area contributed by atoms with Crippen LogP contribution in [0.15, 0.2) is 46.8 Å². The number of anilines is 1. The van der Waals surface area contributed by atoms with E-state index in [0.717, 1.165) is 5.75 Å². The third-order valence-electron chi connectivity index (χ3n) is 3.40. The number of fused-ring (bicyclic) bond motifs is 1. The molecule has 0 fully saturated rings.